The van der Waals surface area contributed by atoms with E-state index in [9.17, 15) is 14.4 Å². The van der Waals surface area contributed by atoms with Crippen molar-refractivity contribution < 1.29 is 29.0 Å². The van der Waals surface area contributed by atoms with Gasteiger partial charge in [0.15, 0.2) is 5.60 Å². The van der Waals surface area contributed by atoms with Gasteiger partial charge < -0.3 is 25.2 Å². The number of carbonyl (C=O) groups is 3. The summed E-state index contributed by atoms with van der Waals surface area (Å²) in [5, 5.41) is 13.8. The van der Waals surface area contributed by atoms with Crippen molar-refractivity contribution >= 4 is 18.0 Å². The maximum atomic E-state index is 12.0. The molecule has 4 rings (SSSR count). The van der Waals surface area contributed by atoms with Gasteiger partial charge in [0.25, 0.3) is 0 Å². The van der Waals surface area contributed by atoms with E-state index in [4.69, 9.17) is 14.6 Å². The fraction of sp³-hybridized carbons (Fsp3) is 0.318. The number of aliphatic carboxylic acids is 1. The van der Waals surface area contributed by atoms with Crippen molar-refractivity contribution in [2.75, 3.05) is 19.9 Å². The van der Waals surface area contributed by atoms with Crippen LogP contribution in [0.5, 0.6) is 0 Å². The summed E-state index contributed by atoms with van der Waals surface area (Å²) >= 11 is 0. The van der Waals surface area contributed by atoms with Gasteiger partial charge in [-0.25, -0.2) is 9.59 Å². The lowest BCUT2D eigenvalue weighted by atomic mass is 9.98. The molecule has 0 aliphatic heterocycles. The predicted molar refractivity (Wildman–Crippen MR) is 107 cm³/mol. The Kier molecular flexibility index (Phi) is 5.41. The summed E-state index contributed by atoms with van der Waals surface area (Å²) in [5.74, 6) is -1.59. The van der Waals surface area contributed by atoms with Gasteiger partial charge in [-0.15, -0.1) is 0 Å². The summed E-state index contributed by atoms with van der Waals surface area (Å²) in [6.07, 6.45) is 0.156. The van der Waals surface area contributed by atoms with Gasteiger partial charge in [-0.2, -0.15) is 0 Å². The Morgan fingerprint density at radius 2 is 1.57 bits per heavy atom. The summed E-state index contributed by atoms with van der Waals surface area (Å²) in [7, 11) is 0. The lowest BCUT2D eigenvalue weighted by Gasteiger charge is -2.15. The Hall–Kier alpha value is -3.39. The zero-order chi connectivity index (χ0) is 21.1. The number of ether oxygens (including phenoxy) is 2. The topological polar surface area (TPSA) is 114 Å². The Morgan fingerprint density at radius 1 is 0.967 bits per heavy atom. The minimum absolute atomic E-state index is 0.0591. The number of hydrogen-bond donors (Lipinski definition) is 3. The molecular weight excluding hydrogens is 388 g/mol. The van der Waals surface area contributed by atoms with Crippen molar-refractivity contribution in [2.45, 2.75) is 24.4 Å². The average molecular weight is 410 g/mol. The van der Waals surface area contributed by atoms with Crippen LogP contribution < -0.4 is 10.6 Å². The number of carboxylic acid groups (broad SMARTS) is 1. The van der Waals surface area contributed by atoms with Crippen molar-refractivity contribution in [1.82, 2.24) is 10.6 Å². The molecule has 2 aliphatic rings. The first-order valence-electron chi connectivity index (χ1n) is 9.73. The third-order valence-electron chi connectivity index (χ3n) is 5.45. The molecule has 30 heavy (non-hydrogen) atoms. The van der Waals surface area contributed by atoms with Crippen molar-refractivity contribution in [2.24, 2.45) is 0 Å². The first kappa shape index (κ1) is 19.9. The van der Waals surface area contributed by atoms with Crippen molar-refractivity contribution in [1.29, 1.82) is 0 Å². The van der Waals surface area contributed by atoms with Gasteiger partial charge in [0.1, 0.15) is 19.9 Å². The molecule has 1 saturated carbocycles. The van der Waals surface area contributed by atoms with E-state index >= 15 is 0 Å². The second kappa shape index (κ2) is 8.16. The maximum absolute atomic E-state index is 12.0. The van der Waals surface area contributed by atoms with E-state index in [2.05, 4.69) is 22.8 Å². The number of hydrogen-bond acceptors (Lipinski definition) is 5. The molecule has 0 atom stereocenters. The number of benzene rings is 2. The number of fused-ring (bicyclic) bond motifs is 3. The third-order valence-corrected chi connectivity index (χ3v) is 5.45. The number of carboxylic acids is 1. The van der Waals surface area contributed by atoms with Crippen LogP contribution in [0.2, 0.25) is 0 Å². The van der Waals surface area contributed by atoms with Crippen LogP contribution in [0.4, 0.5) is 4.79 Å². The Labute approximate surface area is 173 Å². The van der Waals surface area contributed by atoms with Gasteiger partial charge in [-0.3, -0.25) is 4.79 Å². The van der Waals surface area contributed by atoms with Gasteiger partial charge in [0.2, 0.25) is 5.91 Å². The Bertz CT molecular complexity index is 940. The van der Waals surface area contributed by atoms with E-state index in [-0.39, 0.29) is 25.8 Å². The van der Waals surface area contributed by atoms with Crippen molar-refractivity contribution in [3.05, 3.63) is 59.7 Å². The molecule has 0 unspecified atom stereocenters. The largest absolute Gasteiger partial charge is 0.479 e. The standard InChI is InChI=1S/C22H22N2O6/c25-19(24-13-30-22(9-10-22)20(26)27)11-23-21(28)29-12-18-16-7-3-1-5-14(16)15-6-2-4-8-17(15)18/h1-8,18H,9-13H2,(H,23,28)(H,24,25)(H,26,27). The number of carbonyl (C=O) groups excluding carboxylic acids is 2. The molecule has 0 spiro atoms. The second-order valence-electron chi connectivity index (χ2n) is 7.37. The predicted octanol–water partition coefficient (Wildman–Crippen LogP) is 2.23. The first-order valence-corrected chi connectivity index (χ1v) is 9.73. The van der Waals surface area contributed by atoms with Crippen LogP contribution in [0.1, 0.15) is 29.9 Å². The number of nitrogens with one attached hydrogen (secondary N) is 2. The molecule has 3 N–H and O–H groups in total. The van der Waals surface area contributed by atoms with Crippen LogP contribution in [-0.4, -0.2) is 48.6 Å². The zero-order valence-corrected chi connectivity index (χ0v) is 16.2. The van der Waals surface area contributed by atoms with E-state index in [0.29, 0.717) is 12.8 Å². The van der Waals surface area contributed by atoms with Crippen LogP contribution in [0.25, 0.3) is 11.1 Å². The molecule has 8 nitrogen and oxygen atoms in total. The SMILES string of the molecule is O=C(CNC(=O)OCC1c2ccccc2-c2ccccc21)NCOC1(C(=O)O)CC1. The second-order valence-corrected chi connectivity index (χ2v) is 7.37. The smallest absolute Gasteiger partial charge is 0.407 e. The van der Waals surface area contributed by atoms with Crippen molar-refractivity contribution in [3.63, 3.8) is 0 Å². The number of alkyl carbamates (subject to hydrolysis) is 1. The van der Waals surface area contributed by atoms with E-state index < -0.39 is 23.6 Å². The molecule has 0 bridgehead atoms. The third kappa shape index (κ3) is 3.99. The molecule has 2 aromatic carbocycles. The van der Waals surface area contributed by atoms with Crippen LogP contribution in [0.3, 0.4) is 0 Å². The highest BCUT2D eigenvalue weighted by Crippen LogP contribution is 2.44. The van der Waals surface area contributed by atoms with Gasteiger partial charge in [0, 0.05) is 5.92 Å². The van der Waals surface area contributed by atoms with Gasteiger partial charge in [0.05, 0.1) is 0 Å². The highest BCUT2D eigenvalue weighted by Gasteiger charge is 2.52. The first-order chi connectivity index (χ1) is 14.5. The van der Waals surface area contributed by atoms with E-state index in [0.717, 1.165) is 22.3 Å². The van der Waals surface area contributed by atoms with E-state index in [1.165, 1.54) is 0 Å². The minimum Gasteiger partial charge on any atom is -0.479 e. The van der Waals surface area contributed by atoms with Crippen LogP contribution in [0.15, 0.2) is 48.5 Å². The van der Waals surface area contributed by atoms with Gasteiger partial charge >= 0.3 is 12.1 Å². The molecule has 2 amide bonds. The fourth-order valence-corrected chi connectivity index (χ4v) is 3.65. The van der Waals surface area contributed by atoms with Crippen LogP contribution >= 0.6 is 0 Å². The summed E-state index contributed by atoms with van der Waals surface area (Å²) in [6, 6.07) is 16.0. The zero-order valence-electron chi connectivity index (χ0n) is 16.2. The molecule has 1 fully saturated rings. The van der Waals surface area contributed by atoms with Crippen LogP contribution in [0, 0.1) is 0 Å². The average Bonchev–Trinajstić information content (AvgIpc) is 3.48. The molecule has 156 valence electrons. The quantitative estimate of drug-likeness (QED) is 0.575. The summed E-state index contributed by atoms with van der Waals surface area (Å²) in [4.78, 5) is 34.8. The Morgan fingerprint density at radius 3 is 2.13 bits per heavy atom. The normalized spacial score (nSPS) is 15.6. The van der Waals surface area contributed by atoms with Gasteiger partial charge in [-0.1, -0.05) is 48.5 Å². The summed E-state index contributed by atoms with van der Waals surface area (Å²) in [5.41, 5.74) is 3.31. The number of rotatable bonds is 8. The summed E-state index contributed by atoms with van der Waals surface area (Å²) in [6.45, 7) is -0.358. The lowest BCUT2D eigenvalue weighted by molar-refractivity contribution is -0.155. The summed E-state index contributed by atoms with van der Waals surface area (Å²) < 4.78 is 10.5. The minimum atomic E-state index is -1.17. The molecule has 0 heterocycles. The lowest BCUT2D eigenvalue weighted by Crippen LogP contribution is -2.40. The monoisotopic (exact) mass is 410 g/mol. The molecule has 2 aliphatic carbocycles. The Balaban J connectivity index is 1.23. The highest BCUT2D eigenvalue weighted by atomic mass is 16.6. The van der Waals surface area contributed by atoms with E-state index in [1.807, 2.05) is 36.4 Å². The van der Waals surface area contributed by atoms with E-state index in [1.54, 1.807) is 0 Å². The molecule has 0 saturated heterocycles. The number of amides is 2. The van der Waals surface area contributed by atoms with Crippen molar-refractivity contribution in [3.8, 4) is 11.1 Å². The molecule has 8 heteroatoms. The molecule has 0 aromatic heterocycles. The van der Waals surface area contributed by atoms with Gasteiger partial charge in [-0.05, 0) is 35.1 Å². The van der Waals surface area contributed by atoms with Crippen LogP contribution in [-0.2, 0) is 19.1 Å². The molecule has 0 radical (unpaired) electrons. The highest BCUT2D eigenvalue weighted by molar-refractivity contribution is 5.83. The fourth-order valence-electron chi connectivity index (χ4n) is 3.65. The molecule has 2 aromatic rings. The maximum Gasteiger partial charge on any atom is 0.407 e. The molecular formula is C22H22N2O6.